The summed E-state index contributed by atoms with van der Waals surface area (Å²) < 4.78 is 0. The van der Waals surface area contributed by atoms with Crippen LogP contribution < -0.4 is 15.5 Å². The van der Waals surface area contributed by atoms with E-state index in [1.807, 2.05) is 55.5 Å². The average Bonchev–Trinajstić information content (AvgIpc) is 3.35. The van der Waals surface area contributed by atoms with E-state index < -0.39 is 0 Å². The van der Waals surface area contributed by atoms with Crippen LogP contribution in [0.1, 0.15) is 81.3 Å². The summed E-state index contributed by atoms with van der Waals surface area (Å²) in [5.74, 6) is -0.0696. The lowest BCUT2D eigenvalue weighted by Crippen LogP contribution is -2.30. The standard InChI is InChI=1S/C27H37N3O2/c1-4-6-12-21(5-2)26(31)29-23-15-16-25(30-17-10-11-18-30)24(19-23)27(32)28-20(3)22-13-8-7-9-14-22/h7-9,13-16,19-21H,4-6,10-12,17-18H2,1-3H3,(H,28,32)(H,29,31)/t20-,21+/m0/s1. The van der Waals surface area contributed by atoms with Gasteiger partial charge in [0.15, 0.2) is 0 Å². The zero-order valence-corrected chi connectivity index (χ0v) is 19.7. The first-order chi connectivity index (χ1) is 15.5. The largest absolute Gasteiger partial charge is 0.371 e. The van der Waals surface area contributed by atoms with Crippen molar-refractivity contribution < 1.29 is 9.59 Å². The molecule has 5 heteroatoms. The second-order valence-electron chi connectivity index (χ2n) is 8.77. The van der Waals surface area contributed by atoms with Gasteiger partial charge in [0, 0.05) is 30.4 Å². The van der Waals surface area contributed by atoms with E-state index in [1.54, 1.807) is 0 Å². The first-order valence-electron chi connectivity index (χ1n) is 12.1. The van der Waals surface area contributed by atoms with Crippen molar-refractivity contribution in [1.29, 1.82) is 0 Å². The van der Waals surface area contributed by atoms with Crippen molar-refractivity contribution in [2.24, 2.45) is 5.92 Å². The van der Waals surface area contributed by atoms with Gasteiger partial charge in [0.05, 0.1) is 11.6 Å². The summed E-state index contributed by atoms with van der Waals surface area (Å²) in [7, 11) is 0. The van der Waals surface area contributed by atoms with E-state index in [4.69, 9.17) is 0 Å². The van der Waals surface area contributed by atoms with Crippen LogP contribution in [0.5, 0.6) is 0 Å². The lowest BCUT2D eigenvalue weighted by atomic mass is 9.98. The van der Waals surface area contributed by atoms with Crippen LogP contribution in [-0.4, -0.2) is 24.9 Å². The molecular formula is C27H37N3O2. The number of carbonyl (C=O) groups excluding carboxylic acids is 2. The maximum absolute atomic E-state index is 13.3. The van der Waals surface area contributed by atoms with Crippen molar-refractivity contribution in [2.75, 3.05) is 23.3 Å². The fraction of sp³-hybridized carbons (Fsp3) is 0.481. The van der Waals surface area contributed by atoms with Crippen LogP contribution in [0, 0.1) is 5.92 Å². The third-order valence-electron chi connectivity index (χ3n) is 6.37. The number of unbranched alkanes of at least 4 members (excludes halogenated alkanes) is 1. The third kappa shape index (κ3) is 6.12. The summed E-state index contributed by atoms with van der Waals surface area (Å²) in [6.45, 7) is 8.10. The highest BCUT2D eigenvalue weighted by atomic mass is 16.2. The fourth-order valence-corrected chi connectivity index (χ4v) is 4.34. The Morgan fingerprint density at radius 3 is 2.41 bits per heavy atom. The normalized spacial score (nSPS) is 15.3. The first kappa shape index (κ1) is 23.8. The van der Waals surface area contributed by atoms with Crippen molar-refractivity contribution in [3.63, 3.8) is 0 Å². The lowest BCUT2D eigenvalue weighted by molar-refractivity contribution is -0.120. The summed E-state index contributed by atoms with van der Waals surface area (Å²) in [6, 6.07) is 15.6. The van der Waals surface area contributed by atoms with Crippen LogP contribution in [0.2, 0.25) is 0 Å². The zero-order valence-electron chi connectivity index (χ0n) is 19.7. The molecule has 0 unspecified atom stereocenters. The molecule has 32 heavy (non-hydrogen) atoms. The predicted octanol–water partition coefficient (Wildman–Crippen LogP) is 5.93. The van der Waals surface area contributed by atoms with Crippen LogP contribution in [0.4, 0.5) is 11.4 Å². The number of rotatable bonds is 10. The Hall–Kier alpha value is -2.82. The summed E-state index contributed by atoms with van der Waals surface area (Å²) in [5, 5.41) is 6.20. The van der Waals surface area contributed by atoms with Gasteiger partial charge in [-0.05, 0) is 56.4 Å². The Morgan fingerprint density at radius 2 is 1.75 bits per heavy atom. The molecular weight excluding hydrogens is 398 g/mol. The maximum atomic E-state index is 13.3. The Balaban J connectivity index is 1.81. The highest BCUT2D eigenvalue weighted by Gasteiger charge is 2.23. The molecule has 0 aromatic heterocycles. The van der Waals surface area contributed by atoms with E-state index in [0.717, 1.165) is 62.9 Å². The smallest absolute Gasteiger partial charge is 0.253 e. The molecule has 0 bridgehead atoms. The molecule has 0 spiro atoms. The fourth-order valence-electron chi connectivity index (χ4n) is 4.34. The predicted molar refractivity (Wildman–Crippen MR) is 132 cm³/mol. The van der Waals surface area contributed by atoms with Crippen molar-refractivity contribution >= 4 is 23.2 Å². The number of amides is 2. The number of nitrogens with one attached hydrogen (secondary N) is 2. The monoisotopic (exact) mass is 435 g/mol. The molecule has 3 rings (SSSR count). The maximum Gasteiger partial charge on any atom is 0.253 e. The molecule has 1 aliphatic rings. The van der Waals surface area contributed by atoms with Crippen molar-refractivity contribution in [3.05, 3.63) is 59.7 Å². The van der Waals surface area contributed by atoms with Gasteiger partial charge in [-0.1, -0.05) is 57.0 Å². The van der Waals surface area contributed by atoms with E-state index in [1.165, 1.54) is 0 Å². The molecule has 0 saturated carbocycles. The van der Waals surface area contributed by atoms with Crippen LogP contribution in [0.25, 0.3) is 0 Å². The molecule has 1 saturated heterocycles. The van der Waals surface area contributed by atoms with Crippen LogP contribution in [-0.2, 0) is 4.79 Å². The number of hydrogen-bond donors (Lipinski definition) is 2. The molecule has 1 fully saturated rings. The van der Waals surface area contributed by atoms with Gasteiger partial charge in [0.2, 0.25) is 5.91 Å². The zero-order chi connectivity index (χ0) is 22.9. The minimum Gasteiger partial charge on any atom is -0.371 e. The van der Waals surface area contributed by atoms with Crippen LogP contribution in [0.15, 0.2) is 48.5 Å². The quantitative estimate of drug-likeness (QED) is 0.486. The lowest BCUT2D eigenvalue weighted by Gasteiger charge is -2.23. The van der Waals surface area contributed by atoms with E-state index in [9.17, 15) is 9.59 Å². The molecule has 0 radical (unpaired) electrons. The topological polar surface area (TPSA) is 61.4 Å². The number of carbonyl (C=O) groups is 2. The highest BCUT2D eigenvalue weighted by molar-refractivity contribution is 6.02. The molecule has 1 heterocycles. The molecule has 2 aromatic carbocycles. The molecule has 1 aliphatic heterocycles. The Bertz CT molecular complexity index is 891. The number of benzene rings is 2. The van der Waals surface area contributed by atoms with Gasteiger partial charge in [0.25, 0.3) is 5.91 Å². The summed E-state index contributed by atoms with van der Waals surface area (Å²) in [4.78, 5) is 28.4. The van der Waals surface area contributed by atoms with Gasteiger partial charge in [-0.15, -0.1) is 0 Å². The van der Waals surface area contributed by atoms with Gasteiger partial charge < -0.3 is 15.5 Å². The Labute approximate surface area is 192 Å². The van der Waals surface area contributed by atoms with Gasteiger partial charge in [0.1, 0.15) is 0 Å². The molecule has 2 N–H and O–H groups in total. The summed E-state index contributed by atoms with van der Waals surface area (Å²) >= 11 is 0. The molecule has 2 atom stereocenters. The van der Waals surface area contributed by atoms with Crippen LogP contribution in [0.3, 0.4) is 0 Å². The highest BCUT2D eigenvalue weighted by Crippen LogP contribution is 2.29. The minimum absolute atomic E-state index is 0.00332. The third-order valence-corrected chi connectivity index (χ3v) is 6.37. The first-order valence-corrected chi connectivity index (χ1v) is 12.1. The van der Waals surface area contributed by atoms with Gasteiger partial charge in [-0.3, -0.25) is 9.59 Å². The molecule has 5 nitrogen and oxygen atoms in total. The second-order valence-corrected chi connectivity index (χ2v) is 8.77. The SMILES string of the molecule is CCCC[C@@H](CC)C(=O)Nc1ccc(N2CCCC2)c(C(=O)N[C@@H](C)c2ccccc2)c1. The van der Waals surface area contributed by atoms with E-state index >= 15 is 0 Å². The van der Waals surface area contributed by atoms with Crippen molar-refractivity contribution in [2.45, 2.75) is 65.3 Å². The van der Waals surface area contributed by atoms with Gasteiger partial charge >= 0.3 is 0 Å². The molecule has 2 amide bonds. The van der Waals surface area contributed by atoms with E-state index in [2.05, 4.69) is 29.4 Å². The molecule has 172 valence electrons. The summed E-state index contributed by atoms with van der Waals surface area (Å²) in [6.07, 6.45) is 6.11. The Morgan fingerprint density at radius 1 is 1.03 bits per heavy atom. The number of anilines is 2. The van der Waals surface area contributed by atoms with E-state index in [-0.39, 0.29) is 23.8 Å². The van der Waals surface area contributed by atoms with Gasteiger partial charge in [-0.2, -0.15) is 0 Å². The van der Waals surface area contributed by atoms with Crippen molar-refractivity contribution in [1.82, 2.24) is 5.32 Å². The van der Waals surface area contributed by atoms with Gasteiger partial charge in [-0.25, -0.2) is 0 Å². The second kappa shape index (κ2) is 11.7. The van der Waals surface area contributed by atoms with Crippen molar-refractivity contribution in [3.8, 4) is 0 Å². The molecule has 0 aliphatic carbocycles. The number of nitrogens with zero attached hydrogens (tertiary/aromatic N) is 1. The average molecular weight is 436 g/mol. The van der Waals surface area contributed by atoms with Crippen LogP contribution >= 0.6 is 0 Å². The number of hydrogen-bond acceptors (Lipinski definition) is 3. The van der Waals surface area contributed by atoms with E-state index in [0.29, 0.717) is 11.3 Å². The molecule has 2 aromatic rings. The summed E-state index contributed by atoms with van der Waals surface area (Å²) in [5.41, 5.74) is 3.31. The Kier molecular flexibility index (Phi) is 8.72. The minimum atomic E-state index is -0.114.